The van der Waals surface area contributed by atoms with Gasteiger partial charge in [-0.25, -0.2) is 4.79 Å². The van der Waals surface area contributed by atoms with Crippen LogP contribution >= 0.6 is 0 Å². The van der Waals surface area contributed by atoms with E-state index in [0.29, 0.717) is 13.0 Å². The van der Waals surface area contributed by atoms with Crippen LogP contribution in [0.2, 0.25) is 0 Å². The normalized spacial score (nSPS) is 23.4. The summed E-state index contributed by atoms with van der Waals surface area (Å²) in [6.45, 7) is 12.0. The van der Waals surface area contributed by atoms with E-state index in [4.69, 9.17) is 9.84 Å². The third kappa shape index (κ3) is 7.68. The van der Waals surface area contributed by atoms with Crippen molar-refractivity contribution in [2.75, 3.05) is 19.6 Å². The van der Waals surface area contributed by atoms with Crippen LogP contribution in [-0.2, 0) is 9.53 Å². The Bertz CT molecular complexity index is 419. The lowest BCUT2D eigenvalue weighted by Crippen LogP contribution is -2.51. The number of amides is 1. The number of carbonyl (C=O) groups is 2. The molecule has 1 aliphatic heterocycles. The molecule has 134 valence electrons. The van der Waals surface area contributed by atoms with Gasteiger partial charge < -0.3 is 20.1 Å². The molecule has 1 rings (SSSR count). The molecule has 0 bridgehead atoms. The van der Waals surface area contributed by atoms with Gasteiger partial charge in [-0.15, -0.1) is 0 Å². The van der Waals surface area contributed by atoms with Gasteiger partial charge in [-0.05, 0) is 52.4 Å². The SMILES string of the molecule is CC(CCC(=O)O)NCC1(C)CCCN(C(=O)OC(C)(C)C)C1. The smallest absolute Gasteiger partial charge is 0.410 e. The molecule has 2 atom stereocenters. The number of rotatable bonds is 6. The fraction of sp³-hybridized carbons (Fsp3) is 0.882. The van der Waals surface area contributed by atoms with Gasteiger partial charge in [0.15, 0.2) is 0 Å². The second-order valence-electron chi connectivity index (χ2n) is 8.03. The van der Waals surface area contributed by atoms with Crippen molar-refractivity contribution in [1.82, 2.24) is 10.2 Å². The standard InChI is InChI=1S/C17H32N2O4/c1-13(7-8-14(20)21)18-11-17(5)9-6-10-19(12-17)15(22)23-16(2,3)4/h13,18H,6-12H2,1-5H3,(H,20,21). The van der Waals surface area contributed by atoms with Crippen molar-refractivity contribution in [2.45, 2.75) is 71.9 Å². The highest BCUT2D eigenvalue weighted by atomic mass is 16.6. The average molecular weight is 328 g/mol. The molecule has 0 spiro atoms. The molecule has 0 aromatic carbocycles. The van der Waals surface area contributed by atoms with E-state index in [9.17, 15) is 9.59 Å². The highest BCUT2D eigenvalue weighted by molar-refractivity contribution is 5.68. The van der Waals surface area contributed by atoms with Gasteiger partial charge in [0.05, 0.1) is 0 Å². The molecule has 1 amide bonds. The predicted octanol–water partition coefficient (Wildman–Crippen LogP) is 2.87. The topological polar surface area (TPSA) is 78.9 Å². The first-order valence-electron chi connectivity index (χ1n) is 8.44. The Labute approximate surface area is 139 Å². The van der Waals surface area contributed by atoms with E-state index < -0.39 is 11.6 Å². The molecule has 0 saturated carbocycles. The van der Waals surface area contributed by atoms with E-state index >= 15 is 0 Å². The maximum atomic E-state index is 12.2. The van der Waals surface area contributed by atoms with Crippen LogP contribution in [0.4, 0.5) is 4.79 Å². The summed E-state index contributed by atoms with van der Waals surface area (Å²) in [5.41, 5.74) is -0.485. The molecular weight excluding hydrogens is 296 g/mol. The molecule has 1 aliphatic rings. The zero-order valence-corrected chi connectivity index (χ0v) is 15.1. The highest BCUT2D eigenvalue weighted by Gasteiger charge is 2.35. The van der Waals surface area contributed by atoms with Gasteiger partial charge in [0, 0.05) is 32.1 Å². The number of piperidine rings is 1. The zero-order valence-electron chi connectivity index (χ0n) is 15.1. The van der Waals surface area contributed by atoms with Crippen LogP contribution in [0, 0.1) is 5.41 Å². The summed E-state index contributed by atoms with van der Waals surface area (Å²) in [4.78, 5) is 24.6. The largest absolute Gasteiger partial charge is 0.481 e. The number of carbonyl (C=O) groups excluding carboxylic acids is 1. The molecular formula is C17H32N2O4. The van der Waals surface area contributed by atoms with Crippen LogP contribution in [-0.4, -0.2) is 53.3 Å². The molecule has 2 unspecified atom stereocenters. The van der Waals surface area contributed by atoms with Gasteiger partial charge in [-0.3, -0.25) is 4.79 Å². The maximum absolute atomic E-state index is 12.2. The number of hydrogen-bond acceptors (Lipinski definition) is 4. The van der Waals surface area contributed by atoms with Crippen molar-refractivity contribution in [1.29, 1.82) is 0 Å². The summed E-state index contributed by atoms with van der Waals surface area (Å²) in [6.07, 6.45) is 2.55. The van der Waals surface area contributed by atoms with Crippen LogP contribution in [0.3, 0.4) is 0 Å². The molecule has 0 aromatic rings. The van der Waals surface area contributed by atoms with E-state index in [0.717, 1.165) is 25.9 Å². The minimum atomic E-state index is -0.765. The van der Waals surface area contributed by atoms with Crippen LogP contribution in [0.25, 0.3) is 0 Å². The second kappa shape index (κ2) is 7.99. The van der Waals surface area contributed by atoms with E-state index in [-0.39, 0.29) is 24.0 Å². The number of nitrogens with zero attached hydrogens (tertiary/aromatic N) is 1. The predicted molar refractivity (Wildman–Crippen MR) is 89.5 cm³/mol. The van der Waals surface area contributed by atoms with Gasteiger partial charge in [0.2, 0.25) is 0 Å². The Balaban J connectivity index is 2.48. The number of hydrogen-bond donors (Lipinski definition) is 2. The first-order chi connectivity index (χ1) is 10.5. The monoisotopic (exact) mass is 328 g/mol. The molecule has 23 heavy (non-hydrogen) atoms. The molecule has 2 N–H and O–H groups in total. The average Bonchev–Trinajstić information content (AvgIpc) is 2.41. The minimum absolute atomic E-state index is 0.00730. The van der Waals surface area contributed by atoms with Crippen LogP contribution < -0.4 is 5.32 Å². The molecule has 1 fully saturated rings. The van der Waals surface area contributed by atoms with Gasteiger partial charge in [-0.1, -0.05) is 6.92 Å². The van der Waals surface area contributed by atoms with Gasteiger partial charge in [-0.2, -0.15) is 0 Å². The lowest BCUT2D eigenvalue weighted by Gasteiger charge is -2.41. The van der Waals surface area contributed by atoms with Crippen molar-refractivity contribution in [2.24, 2.45) is 5.41 Å². The summed E-state index contributed by atoms with van der Waals surface area (Å²) < 4.78 is 5.46. The number of ether oxygens (including phenoxy) is 1. The molecule has 0 aromatic heterocycles. The summed E-state index contributed by atoms with van der Waals surface area (Å²) in [7, 11) is 0. The third-order valence-corrected chi connectivity index (χ3v) is 4.10. The molecule has 0 aliphatic carbocycles. The van der Waals surface area contributed by atoms with Crippen LogP contribution in [0.5, 0.6) is 0 Å². The van der Waals surface area contributed by atoms with E-state index in [1.54, 1.807) is 4.90 Å². The molecule has 6 nitrogen and oxygen atoms in total. The molecule has 1 saturated heterocycles. The van der Waals surface area contributed by atoms with Crippen LogP contribution in [0.15, 0.2) is 0 Å². The summed E-state index contributed by atoms with van der Waals surface area (Å²) >= 11 is 0. The second-order valence-corrected chi connectivity index (χ2v) is 8.03. The van der Waals surface area contributed by atoms with Crippen molar-refractivity contribution < 1.29 is 19.4 Å². The Morgan fingerprint density at radius 2 is 2.04 bits per heavy atom. The summed E-state index contributed by atoms with van der Waals surface area (Å²) in [6, 6.07) is 0.153. The van der Waals surface area contributed by atoms with E-state index in [2.05, 4.69) is 12.2 Å². The van der Waals surface area contributed by atoms with Crippen molar-refractivity contribution >= 4 is 12.1 Å². The minimum Gasteiger partial charge on any atom is -0.481 e. The zero-order chi connectivity index (χ0) is 17.7. The Morgan fingerprint density at radius 1 is 1.39 bits per heavy atom. The third-order valence-electron chi connectivity index (χ3n) is 4.10. The van der Waals surface area contributed by atoms with Gasteiger partial charge in [0.25, 0.3) is 0 Å². The van der Waals surface area contributed by atoms with Gasteiger partial charge >= 0.3 is 12.1 Å². The fourth-order valence-electron chi connectivity index (χ4n) is 2.80. The Kier molecular flexibility index (Phi) is 6.86. The van der Waals surface area contributed by atoms with E-state index in [1.807, 2.05) is 27.7 Å². The number of aliphatic carboxylic acids is 1. The first kappa shape index (κ1) is 19.7. The fourth-order valence-corrected chi connectivity index (χ4v) is 2.80. The van der Waals surface area contributed by atoms with E-state index in [1.165, 1.54) is 0 Å². The highest BCUT2D eigenvalue weighted by Crippen LogP contribution is 2.29. The quantitative estimate of drug-likeness (QED) is 0.784. The number of likely N-dealkylation sites (tertiary alicyclic amines) is 1. The van der Waals surface area contributed by atoms with Gasteiger partial charge in [0.1, 0.15) is 5.60 Å². The Hall–Kier alpha value is -1.30. The van der Waals surface area contributed by atoms with Crippen molar-refractivity contribution in [3.05, 3.63) is 0 Å². The molecule has 1 heterocycles. The molecule has 6 heteroatoms. The van der Waals surface area contributed by atoms with Crippen molar-refractivity contribution in [3.63, 3.8) is 0 Å². The molecule has 0 radical (unpaired) electrons. The summed E-state index contributed by atoms with van der Waals surface area (Å²) in [5, 5.41) is 12.1. The number of carboxylic acids is 1. The maximum Gasteiger partial charge on any atom is 0.410 e. The first-order valence-corrected chi connectivity index (χ1v) is 8.44. The number of carboxylic acid groups (broad SMARTS) is 1. The number of nitrogens with one attached hydrogen (secondary N) is 1. The lowest BCUT2D eigenvalue weighted by molar-refractivity contribution is -0.137. The summed E-state index contributed by atoms with van der Waals surface area (Å²) in [5.74, 6) is -0.765. The van der Waals surface area contributed by atoms with Crippen molar-refractivity contribution in [3.8, 4) is 0 Å². The Morgan fingerprint density at radius 3 is 2.61 bits per heavy atom. The lowest BCUT2D eigenvalue weighted by atomic mass is 9.81. The van der Waals surface area contributed by atoms with Crippen LogP contribution in [0.1, 0.15) is 60.3 Å².